The van der Waals surface area contributed by atoms with Crippen molar-refractivity contribution in [2.75, 3.05) is 31.7 Å². The molecule has 1 unspecified atom stereocenters. The third-order valence-electron chi connectivity index (χ3n) is 7.96. The molecule has 212 valence electrons. The number of alkyl halides is 2. The maximum absolute atomic E-state index is 16.3. The first kappa shape index (κ1) is 27.0. The normalized spacial score (nSPS) is 21.2. The van der Waals surface area contributed by atoms with Crippen LogP contribution in [0, 0.1) is 24.0 Å². The third kappa shape index (κ3) is 4.66. The van der Waals surface area contributed by atoms with Gasteiger partial charge in [0.1, 0.15) is 48.0 Å². The summed E-state index contributed by atoms with van der Waals surface area (Å²) in [5, 5.41) is 14.0. The number of ether oxygens (including phenoxy) is 1. The Morgan fingerprint density at radius 2 is 2.12 bits per heavy atom. The van der Waals surface area contributed by atoms with E-state index in [9.17, 15) is 18.3 Å². The number of phenols is 1. The third-order valence-corrected chi connectivity index (χ3v) is 7.96. The minimum Gasteiger partial charge on any atom is -0.508 e. The number of hydrogen-bond donors (Lipinski definition) is 2. The van der Waals surface area contributed by atoms with Gasteiger partial charge < -0.3 is 15.2 Å². The van der Waals surface area contributed by atoms with Crippen molar-refractivity contribution in [3.8, 4) is 35.4 Å². The van der Waals surface area contributed by atoms with Gasteiger partial charge in [-0.05, 0) is 49.9 Å². The molecule has 7 nitrogen and oxygen atoms in total. The summed E-state index contributed by atoms with van der Waals surface area (Å²) < 4.78 is 64.6. The fraction of sp³-hybridized carbons (Fsp3) is 0.367. The Hall–Kier alpha value is -4.17. The molecule has 0 amide bonds. The van der Waals surface area contributed by atoms with Crippen LogP contribution < -0.4 is 10.1 Å². The first-order chi connectivity index (χ1) is 19.7. The van der Waals surface area contributed by atoms with Crippen molar-refractivity contribution < 1.29 is 27.4 Å². The maximum Gasteiger partial charge on any atom is 0.319 e. The van der Waals surface area contributed by atoms with Gasteiger partial charge in [0.2, 0.25) is 0 Å². The monoisotopic (exact) mass is 565 g/mol. The summed E-state index contributed by atoms with van der Waals surface area (Å²) in [7, 11) is 0. The summed E-state index contributed by atoms with van der Waals surface area (Å²) in [5.41, 5.74) is -0.936. The second-order valence-electron chi connectivity index (χ2n) is 10.8. The van der Waals surface area contributed by atoms with Crippen LogP contribution >= 0.6 is 0 Å². The molecule has 2 aromatic heterocycles. The summed E-state index contributed by atoms with van der Waals surface area (Å²) in [6, 6.07) is 4.42. The van der Waals surface area contributed by atoms with E-state index in [1.807, 2.05) is 0 Å². The first-order valence-corrected chi connectivity index (χ1v) is 13.4. The van der Waals surface area contributed by atoms with Gasteiger partial charge in [0.25, 0.3) is 0 Å². The van der Waals surface area contributed by atoms with Crippen LogP contribution in [0.25, 0.3) is 32.9 Å². The molecule has 2 aromatic carbocycles. The summed E-state index contributed by atoms with van der Waals surface area (Å²) in [4.78, 5) is 15.1. The molecule has 6 rings (SSSR count). The van der Waals surface area contributed by atoms with E-state index in [1.54, 1.807) is 6.92 Å². The minimum absolute atomic E-state index is 0.0694. The number of rotatable bonds is 7. The molecule has 2 N–H and O–H groups in total. The molecular weight excluding hydrogens is 538 g/mol. The van der Waals surface area contributed by atoms with Gasteiger partial charge >= 0.3 is 6.01 Å². The molecule has 0 bridgehead atoms. The number of pyridine rings is 1. The summed E-state index contributed by atoms with van der Waals surface area (Å²) >= 11 is 0. The molecule has 2 aliphatic heterocycles. The SMILES string of the molecule is C#Cc1c(F)ccc2cc(O)cc(-c3ncc4c(NC(C)CF)nc(OC[C@@]56CCCN5C[C@H](F)C6)nc4c3F)c12. The second-order valence-corrected chi connectivity index (χ2v) is 10.8. The van der Waals surface area contributed by atoms with E-state index in [0.717, 1.165) is 19.4 Å². The van der Waals surface area contributed by atoms with Crippen molar-refractivity contribution in [3.05, 3.63) is 47.7 Å². The fourth-order valence-corrected chi connectivity index (χ4v) is 6.07. The number of hydrogen-bond acceptors (Lipinski definition) is 7. The maximum atomic E-state index is 16.3. The van der Waals surface area contributed by atoms with Crippen LogP contribution in [0.1, 0.15) is 31.7 Å². The summed E-state index contributed by atoms with van der Waals surface area (Å²) in [5.74, 6) is 0.647. The molecule has 0 radical (unpaired) electrons. The highest BCUT2D eigenvalue weighted by atomic mass is 19.1. The molecule has 0 aliphatic carbocycles. The minimum atomic E-state index is -0.958. The Labute approximate surface area is 233 Å². The van der Waals surface area contributed by atoms with Crippen LogP contribution in [0.3, 0.4) is 0 Å². The van der Waals surface area contributed by atoms with Gasteiger partial charge in [0.05, 0.1) is 22.5 Å². The lowest BCUT2D eigenvalue weighted by molar-refractivity contribution is 0.107. The Bertz CT molecular complexity index is 1710. The molecule has 0 spiro atoms. The molecule has 4 heterocycles. The van der Waals surface area contributed by atoms with E-state index in [0.29, 0.717) is 18.4 Å². The smallest absolute Gasteiger partial charge is 0.319 e. The van der Waals surface area contributed by atoms with Crippen LogP contribution in [0.15, 0.2) is 30.5 Å². The molecule has 41 heavy (non-hydrogen) atoms. The van der Waals surface area contributed by atoms with Crippen LogP contribution in [-0.2, 0) is 0 Å². The van der Waals surface area contributed by atoms with Crippen molar-refractivity contribution in [3.63, 3.8) is 0 Å². The predicted molar refractivity (Wildman–Crippen MR) is 147 cm³/mol. The Balaban J connectivity index is 1.49. The number of benzene rings is 2. The van der Waals surface area contributed by atoms with Crippen molar-refractivity contribution in [2.24, 2.45) is 0 Å². The van der Waals surface area contributed by atoms with Crippen molar-refractivity contribution in [1.29, 1.82) is 0 Å². The van der Waals surface area contributed by atoms with Gasteiger partial charge in [-0.3, -0.25) is 9.88 Å². The molecular formula is C30H27F4N5O2. The lowest BCUT2D eigenvalue weighted by atomic mass is 9.95. The molecule has 4 aromatic rings. The quantitative estimate of drug-likeness (QED) is 0.225. The first-order valence-electron chi connectivity index (χ1n) is 13.4. The highest BCUT2D eigenvalue weighted by Gasteiger charge is 2.49. The van der Waals surface area contributed by atoms with Crippen LogP contribution in [0.4, 0.5) is 23.4 Å². The van der Waals surface area contributed by atoms with E-state index in [-0.39, 0.29) is 57.3 Å². The van der Waals surface area contributed by atoms with Crippen molar-refractivity contribution in [1.82, 2.24) is 19.9 Å². The van der Waals surface area contributed by atoms with Crippen LogP contribution in [0.5, 0.6) is 11.8 Å². The number of aromatic hydroxyl groups is 1. The standard InChI is InChI=1S/C30H27F4N5O2/c1-3-20-23(33)6-5-17-9-19(40)10-21(24(17)20)26-25(34)27-22(13-35-26)28(36-16(2)12-31)38-29(37-27)41-15-30-7-4-8-39(30)14-18(32)11-30/h1,5-6,9-10,13,16,18,40H,4,7-8,11-12,14-15H2,2H3,(H,36,37,38)/t16?,18-,30+/m1/s1. The van der Waals surface area contributed by atoms with Gasteiger partial charge in [-0.25, -0.2) is 17.6 Å². The Morgan fingerprint density at radius 1 is 1.29 bits per heavy atom. The predicted octanol–water partition coefficient (Wildman–Crippen LogP) is 5.54. The molecule has 2 saturated heterocycles. The lowest BCUT2D eigenvalue weighted by Crippen LogP contribution is -2.43. The number of terminal acetylenes is 1. The topological polar surface area (TPSA) is 83.4 Å². The number of fused-ring (bicyclic) bond motifs is 3. The van der Waals surface area contributed by atoms with Gasteiger partial charge in [0, 0.05) is 30.1 Å². The largest absolute Gasteiger partial charge is 0.508 e. The van der Waals surface area contributed by atoms with Gasteiger partial charge in [0.15, 0.2) is 5.82 Å². The molecule has 11 heteroatoms. The summed E-state index contributed by atoms with van der Waals surface area (Å²) in [6.07, 6.45) is 7.94. The number of phenolic OH excluding ortho intramolecular Hbond substituents is 1. The zero-order valence-corrected chi connectivity index (χ0v) is 22.2. The molecule has 2 aliphatic rings. The van der Waals surface area contributed by atoms with Crippen LogP contribution in [0.2, 0.25) is 0 Å². The lowest BCUT2D eigenvalue weighted by Gasteiger charge is -2.30. The van der Waals surface area contributed by atoms with Gasteiger partial charge in [-0.1, -0.05) is 12.0 Å². The molecule has 0 saturated carbocycles. The zero-order chi connectivity index (χ0) is 28.9. The average molecular weight is 566 g/mol. The average Bonchev–Trinajstić information content (AvgIpc) is 3.47. The number of aromatic nitrogens is 3. The second kappa shape index (κ2) is 10.3. The molecule has 2 fully saturated rings. The van der Waals surface area contributed by atoms with E-state index < -0.39 is 36.1 Å². The van der Waals surface area contributed by atoms with E-state index in [4.69, 9.17) is 11.2 Å². The number of nitrogens with one attached hydrogen (secondary N) is 1. The highest BCUT2D eigenvalue weighted by molar-refractivity contribution is 6.02. The van der Waals surface area contributed by atoms with Crippen molar-refractivity contribution in [2.45, 2.75) is 43.9 Å². The van der Waals surface area contributed by atoms with E-state index in [1.165, 1.54) is 30.5 Å². The Kier molecular flexibility index (Phi) is 6.82. The van der Waals surface area contributed by atoms with E-state index >= 15 is 4.39 Å². The van der Waals surface area contributed by atoms with Gasteiger partial charge in [-0.15, -0.1) is 6.42 Å². The number of nitrogens with zero attached hydrogens (tertiary/aromatic N) is 4. The number of halogens is 4. The zero-order valence-electron chi connectivity index (χ0n) is 22.2. The van der Waals surface area contributed by atoms with Gasteiger partial charge in [-0.2, -0.15) is 9.97 Å². The molecule has 3 atom stereocenters. The van der Waals surface area contributed by atoms with E-state index in [2.05, 4.69) is 31.1 Å². The highest BCUT2D eigenvalue weighted by Crippen LogP contribution is 2.41. The van der Waals surface area contributed by atoms with Crippen molar-refractivity contribution >= 4 is 27.5 Å². The van der Waals surface area contributed by atoms with Crippen LogP contribution in [-0.4, -0.2) is 69.1 Å². The Morgan fingerprint density at radius 3 is 2.90 bits per heavy atom. The fourth-order valence-electron chi connectivity index (χ4n) is 6.07. The number of anilines is 1. The summed E-state index contributed by atoms with van der Waals surface area (Å²) in [6.45, 7) is 2.09.